The second kappa shape index (κ2) is 8.74. The van der Waals surface area contributed by atoms with Gasteiger partial charge in [-0.15, -0.1) is 10.2 Å². The van der Waals surface area contributed by atoms with E-state index in [1.807, 2.05) is 0 Å². The molecule has 7 nitrogen and oxygen atoms in total. The molecule has 5 rings (SSSR count). The molecule has 2 fully saturated rings. The Morgan fingerprint density at radius 1 is 1.00 bits per heavy atom. The van der Waals surface area contributed by atoms with Crippen LogP contribution in [0.25, 0.3) is 0 Å². The van der Waals surface area contributed by atoms with E-state index in [0.717, 1.165) is 37.9 Å². The van der Waals surface area contributed by atoms with Crippen molar-refractivity contribution in [1.82, 2.24) is 14.5 Å². The van der Waals surface area contributed by atoms with E-state index < -0.39 is 10.0 Å². The van der Waals surface area contributed by atoms with Gasteiger partial charge in [0.25, 0.3) is 0 Å². The second-order valence-corrected chi connectivity index (χ2v) is 11.4. The van der Waals surface area contributed by atoms with Crippen molar-refractivity contribution in [2.75, 3.05) is 31.1 Å². The maximum atomic E-state index is 13.1. The monoisotopic (exact) mass is 486 g/mol. The van der Waals surface area contributed by atoms with E-state index in [9.17, 15) is 8.42 Å². The summed E-state index contributed by atoms with van der Waals surface area (Å²) in [6, 6.07) is 15.2. The maximum absolute atomic E-state index is 13.1. The van der Waals surface area contributed by atoms with Gasteiger partial charge in [-0.3, -0.25) is 0 Å². The highest BCUT2D eigenvalue weighted by atomic mass is 35.5. The Hall–Kier alpha value is -2.42. The van der Waals surface area contributed by atoms with Crippen molar-refractivity contribution in [2.24, 2.45) is 5.41 Å². The van der Waals surface area contributed by atoms with Gasteiger partial charge < -0.3 is 9.32 Å². The fraction of sp³-hybridized carbons (Fsp3) is 0.417. The summed E-state index contributed by atoms with van der Waals surface area (Å²) in [5.74, 6) is 1.20. The summed E-state index contributed by atoms with van der Waals surface area (Å²) in [6.07, 6.45) is 3.43. The summed E-state index contributed by atoms with van der Waals surface area (Å²) in [4.78, 5) is 2.62. The van der Waals surface area contributed by atoms with Crippen molar-refractivity contribution >= 4 is 27.3 Å². The SMILES string of the molecule is Cc1nnc(Cc2ccc(N3CCC4(CCN(S(=O)(=O)c5ccccc5Cl)CC4)C3)cc2)o1. The molecule has 0 saturated carbocycles. The van der Waals surface area contributed by atoms with Crippen LogP contribution < -0.4 is 4.90 Å². The van der Waals surface area contributed by atoms with Crippen molar-refractivity contribution in [1.29, 1.82) is 0 Å². The molecular formula is C24H27ClN4O3S. The number of hydrogen-bond acceptors (Lipinski definition) is 6. The lowest BCUT2D eigenvalue weighted by molar-refractivity contribution is 0.177. The van der Waals surface area contributed by atoms with Gasteiger partial charge in [0.1, 0.15) is 4.90 Å². The normalized spacial score (nSPS) is 18.8. The van der Waals surface area contributed by atoms with Crippen LogP contribution in [0.5, 0.6) is 0 Å². The number of aryl methyl sites for hydroxylation is 1. The summed E-state index contributed by atoms with van der Waals surface area (Å²) in [5, 5.41) is 8.23. The molecule has 2 aliphatic heterocycles. The van der Waals surface area contributed by atoms with Gasteiger partial charge in [-0.2, -0.15) is 4.31 Å². The van der Waals surface area contributed by atoms with Crippen molar-refractivity contribution in [2.45, 2.75) is 37.5 Å². The third kappa shape index (κ3) is 4.52. The number of rotatable bonds is 5. The van der Waals surface area contributed by atoms with Gasteiger partial charge in [0.2, 0.25) is 21.8 Å². The molecule has 1 spiro atoms. The molecule has 0 N–H and O–H groups in total. The summed E-state index contributed by atoms with van der Waals surface area (Å²) in [6.45, 7) is 4.79. The first kappa shape index (κ1) is 22.4. The van der Waals surface area contributed by atoms with E-state index in [4.69, 9.17) is 16.0 Å². The van der Waals surface area contributed by atoms with Gasteiger partial charge in [0.05, 0.1) is 11.4 Å². The topological polar surface area (TPSA) is 79.5 Å². The lowest BCUT2D eigenvalue weighted by Crippen LogP contribution is -2.44. The van der Waals surface area contributed by atoms with Crippen LogP contribution >= 0.6 is 11.6 Å². The van der Waals surface area contributed by atoms with Gasteiger partial charge >= 0.3 is 0 Å². The minimum atomic E-state index is -3.56. The molecule has 9 heteroatoms. The van der Waals surface area contributed by atoms with Gasteiger partial charge in [0.15, 0.2) is 0 Å². The fourth-order valence-electron chi connectivity index (χ4n) is 4.97. The van der Waals surface area contributed by atoms with Crippen LogP contribution in [0.3, 0.4) is 0 Å². The number of aromatic nitrogens is 2. The largest absolute Gasteiger partial charge is 0.425 e. The molecule has 2 saturated heterocycles. The summed E-state index contributed by atoms with van der Waals surface area (Å²) < 4.78 is 33.2. The lowest BCUT2D eigenvalue weighted by atomic mass is 9.78. The van der Waals surface area contributed by atoms with Gasteiger partial charge in [0, 0.05) is 38.8 Å². The van der Waals surface area contributed by atoms with Crippen molar-refractivity contribution in [3.05, 3.63) is 70.9 Å². The van der Waals surface area contributed by atoms with E-state index in [2.05, 4.69) is 39.4 Å². The Kier molecular flexibility index (Phi) is 5.93. The molecule has 3 heterocycles. The van der Waals surface area contributed by atoms with Crippen LogP contribution in [-0.4, -0.2) is 49.1 Å². The molecule has 2 aliphatic rings. The number of anilines is 1. The van der Waals surface area contributed by atoms with E-state index in [1.165, 1.54) is 5.69 Å². The molecular weight excluding hydrogens is 460 g/mol. The zero-order chi connectivity index (χ0) is 23.1. The van der Waals surface area contributed by atoms with Crippen molar-refractivity contribution in [3.63, 3.8) is 0 Å². The average Bonchev–Trinajstić information content (AvgIpc) is 3.41. The quantitative estimate of drug-likeness (QED) is 0.535. The van der Waals surface area contributed by atoms with Crippen molar-refractivity contribution in [3.8, 4) is 0 Å². The molecule has 3 aromatic rings. The Morgan fingerprint density at radius 2 is 1.70 bits per heavy atom. The van der Waals surface area contributed by atoms with E-state index in [-0.39, 0.29) is 15.3 Å². The number of piperidine rings is 1. The van der Waals surface area contributed by atoms with E-state index in [0.29, 0.717) is 31.3 Å². The zero-order valence-corrected chi connectivity index (χ0v) is 20.1. The van der Waals surface area contributed by atoms with E-state index >= 15 is 0 Å². The molecule has 0 unspecified atom stereocenters. The number of benzene rings is 2. The number of sulfonamides is 1. The number of hydrogen-bond donors (Lipinski definition) is 0. The third-order valence-corrected chi connectivity index (χ3v) is 9.30. The molecule has 2 aromatic carbocycles. The minimum Gasteiger partial charge on any atom is -0.425 e. The van der Waals surface area contributed by atoms with Crippen LogP contribution in [0.15, 0.2) is 57.8 Å². The van der Waals surface area contributed by atoms with Crippen LogP contribution in [0.4, 0.5) is 5.69 Å². The van der Waals surface area contributed by atoms with Gasteiger partial charge in [-0.25, -0.2) is 8.42 Å². The first-order chi connectivity index (χ1) is 15.8. The standard InChI is InChI=1S/C24H27ClN4O3S/c1-18-26-27-23(32-18)16-19-6-8-20(9-7-19)28-13-10-24(17-28)11-14-29(15-12-24)33(30,31)22-5-3-2-4-21(22)25/h2-9H,10-17H2,1H3. The predicted molar refractivity (Wildman–Crippen MR) is 127 cm³/mol. The Bertz CT molecular complexity index is 1230. The second-order valence-electron chi connectivity index (χ2n) is 9.06. The van der Waals surface area contributed by atoms with Crippen LogP contribution in [0.1, 0.15) is 36.6 Å². The molecule has 0 amide bonds. The van der Waals surface area contributed by atoms with E-state index in [1.54, 1.807) is 35.5 Å². The maximum Gasteiger partial charge on any atom is 0.244 e. The smallest absolute Gasteiger partial charge is 0.244 e. The van der Waals surface area contributed by atoms with Gasteiger partial charge in [-0.1, -0.05) is 35.9 Å². The van der Waals surface area contributed by atoms with Crippen LogP contribution in [0.2, 0.25) is 5.02 Å². The van der Waals surface area contributed by atoms with Gasteiger partial charge in [-0.05, 0) is 54.5 Å². The predicted octanol–water partition coefficient (Wildman–Crippen LogP) is 4.30. The third-order valence-electron chi connectivity index (χ3n) is 6.90. The first-order valence-electron chi connectivity index (χ1n) is 11.2. The Balaban J connectivity index is 1.21. The highest BCUT2D eigenvalue weighted by Crippen LogP contribution is 2.43. The molecule has 0 atom stereocenters. The fourth-order valence-corrected chi connectivity index (χ4v) is 6.90. The average molecular weight is 487 g/mol. The number of nitrogens with zero attached hydrogens (tertiary/aromatic N) is 4. The number of halogens is 1. The van der Waals surface area contributed by atoms with Crippen LogP contribution in [0, 0.1) is 12.3 Å². The summed E-state index contributed by atoms with van der Waals surface area (Å²) in [7, 11) is -3.56. The zero-order valence-electron chi connectivity index (χ0n) is 18.6. The molecule has 0 radical (unpaired) electrons. The molecule has 33 heavy (non-hydrogen) atoms. The van der Waals surface area contributed by atoms with Crippen LogP contribution in [-0.2, 0) is 16.4 Å². The molecule has 0 aliphatic carbocycles. The lowest BCUT2D eigenvalue weighted by Gasteiger charge is -2.38. The highest BCUT2D eigenvalue weighted by Gasteiger charge is 2.43. The molecule has 0 bridgehead atoms. The van der Waals surface area contributed by atoms with Crippen molar-refractivity contribution < 1.29 is 12.8 Å². The first-order valence-corrected chi connectivity index (χ1v) is 13.0. The Labute approximate surface area is 199 Å². The Morgan fingerprint density at radius 3 is 2.36 bits per heavy atom. The summed E-state index contributed by atoms with van der Waals surface area (Å²) in [5.41, 5.74) is 2.49. The molecule has 1 aromatic heterocycles. The summed E-state index contributed by atoms with van der Waals surface area (Å²) >= 11 is 6.17. The minimum absolute atomic E-state index is 0.159. The molecule has 174 valence electrons. The highest BCUT2D eigenvalue weighted by molar-refractivity contribution is 7.89.